The molecular formula is C11H19NO3. The highest BCUT2D eigenvalue weighted by Gasteiger charge is 2.35. The molecule has 0 aromatic heterocycles. The Bertz CT molecular complexity index is 242. The minimum atomic E-state index is 0.134. The average molecular weight is 213 g/mol. The van der Waals surface area contributed by atoms with Crippen molar-refractivity contribution in [2.24, 2.45) is 0 Å². The predicted octanol–water partition coefficient (Wildman–Crippen LogP) is 0.801. The standard InChI is InChI=1S/C11H19NO3/c1-8(2)15-10-3-4-12-9(5-10)6-14-7-11(12)13/h8-10H,3-7H2,1-2H3. The van der Waals surface area contributed by atoms with Gasteiger partial charge in [0.05, 0.1) is 24.9 Å². The van der Waals surface area contributed by atoms with Crippen LogP contribution >= 0.6 is 0 Å². The van der Waals surface area contributed by atoms with Crippen LogP contribution in [-0.4, -0.2) is 48.8 Å². The van der Waals surface area contributed by atoms with Gasteiger partial charge in [0, 0.05) is 6.54 Å². The van der Waals surface area contributed by atoms with Gasteiger partial charge in [-0.05, 0) is 26.7 Å². The highest BCUT2D eigenvalue weighted by atomic mass is 16.5. The quantitative estimate of drug-likeness (QED) is 0.681. The summed E-state index contributed by atoms with van der Waals surface area (Å²) in [5.41, 5.74) is 0. The Morgan fingerprint density at radius 3 is 3.07 bits per heavy atom. The number of amides is 1. The zero-order valence-corrected chi connectivity index (χ0v) is 9.44. The fourth-order valence-electron chi connectivity index (χ4n) is 2.37. The highest BCUT2D eigenvalue weighted by Crippen LogP contribution is 2.23. The third kappa shape index (κ3) is 2.49. The lowest BCUT2D eigenvalue weighted by Gasteiger charge is -2.42. The van der Waals surface area contributed by atoms with Crippen LogP contribution in [0.1, 0.15) is 26.7 Å². The Kier molecular flexibility index (Phi) is 3.26. The number of morpholine rings is 1. The molecule has 0 saturated carbocycles. The van der Waals surface area contributed by atoms with Crippen LogP contribution < -0.4 is 0 Å². The third-order valence-corrected chi connectivity index (χ3v) is 2.99. The lowest BCUT2D eigenvalue weighted by Crippen LogP contribution is -2.54. The summed E-state index contributed by atoms with van der Waals surface area (Å²) in [5.74, 6) is 0.134. The Labute approximate surface area is 90.5 Å². The highest BCUT2D eigenvalue weighted by molar-refractivity contribution is 5.78. The lowest BCUT2D eigenvalue weighted by molar-refractivity contribution is -0.155. The molecule has 2 saturated heterocycles. The molecule has 2 fully saturated rings. The Hall–Kier alpha value is -0.610. The molecule has 86 valence electrons. The number of hydrogen-bond donors (Lipinski definition) is 0. The van der Waals surface area contributed by atoms with Crippen molar-refractivity contribution in [3.05, 3.63) is 0 Å². The molecule has 0 N–H and O–H groups in total. The molecule has 2 atom stereocenters. The molecule has 2 heterocycles. The second-order valence-electron chi connectivity index (χ2n) is 4.59. The summed E-state index contributed by atoms with van der Waals surface area (Å²) >= 11 is 0. The predicted molar refractivity (Wildman–Crippen MR) is 55.6 cm³/mol. The van der Waals surface area contributed by atoms with E-state index in [1.165, 1.54) is 0 Å². The van der Waals surface area contributed by atoms with Gasteiger partial charge in [0.15, 0.2) is 0 Å². The van der Waals surface area contributed by atoms with Crippen LogP contribution in [0.15, 0.2) is 0 Å². The van der Waals surface area contributed by atoms with Crippen LogP contribution in [0, 0.1) is 0 Å². The van der Waals surface area contributed by atoms with Crippen molar-refractivity contribution in [1.82, 2.24) is 4.90 Å². The number of piperidine rings is 1. The number of nitrogens with zero attached hydrogens (tertiary/aromatic N) is 1. The van der Waals surface area contributed by atoms with Crippen LogP contribution in [0.5, 0.6) is 0 Å². The van der Waals surface area contributed by atoms with Gasteiger partial charge in [0.2, 0.25) is 5.91 Å². The molecule has 15 heavy (non-hydrogen) atoms. The van der Waals surface area contributed by atoms with E-state index in [9.17, 15) is 4.79 Å². The molecule has 0 radical (unpaired) electrons. The van der Waals surface area contributed by atoms with Crippen molar-refractivity contribution in [2.45, 2.75) is 44.9 Å². The van der Waals surface area contributed by atoms with E-state index in [4.69, 9.17) is 9.47 Å². The number of rotatable bonds is 2. The number of fused-ring (bicyclic) bond motifs is 1. The van der Waals surface area contributed by atoms with Crippen molar-refractivity contribution >= 4 is 5.91 Å². The monoisotopic (exact) mass is 213 g/mol. The SMILES string of the molecule is CC(C)OC1CCN2C(=O)COCC2C1. The Morgan fingerprint density at radius 1 is 1.53 bits per heavy atom. The van der Waals surface area contributed by atoms with Crippen molar-refractivity contribution in [1.29, 1.82) is 0 Å². The van der Waals surface area contributed by atoms with Gasteiger partial charge < -0.3 is 14.4 Å². The van der Waals surface area contributed by atoms with E-state index < -0.39 is 0 Å². The van der Waals surface area contributed by atoms with E-state index in [2.05, 4.69) is 13.8 Å². The number of ether oxygens (including phenoxy) is 2. The van der Waals surface area contributed by atoms with Gasteiger partial charge in [-0.25, -0.2) is 0 Å². The Balaban J connectivity index is 1.91. The molecule has 2 aliphatic heterocycles. The van der Waals surface area contributed by atoms with Crippen LogP contribution in [-0.2, 0) is 14.3 Å². The fourth-order valence-corrected chi connectivity index (χ4v) is 2.37. The van der Waals surface area contributed by atoms with Crippen LogP contribution in [0.25, 0.3) is 0 Å². The maximum Gasteiger partial charge on any atom is 0.248 e. The minimum Gasteiger partial charge on any atom is -0.375 e. The van der Waals surface area contributed by atoms with E-state index in [1.807, 2.05) is 4.90 Å². The fraction of sp³-hybridized carbons (Fsp3) is 0.909. The van der Waals surface area contributed by atoms with E-state index in [1.54, 1.807) is 0 Å². The lowest BCUT2D eigenvalue weighted by atomic mass is 9.98. The summed E-state index contributed by atoms with van der Waals surface area (Å²) in [6.07, 6.45) is 2.44. The van der Waals surface area contributed by atoms with Gasteiger partial charge in [-0.15, -0.1) is 0 Å². The summed E-state index contributed by atoms with van der Waals surface area (Å²) in [7, 11) is 0. The first kappa shape index (κ1) is 10.9. The molecule has 0 aliphatic carbocycles. The molecule has 0 aromatic carbocycles. The van der Waals surface area contributed by atoms with Gasteiger partial charge >= 0.3 is 0 Å². The second kappa shape index (κ2) is 4.49. The number of carbonyl (C=O) groups is 1. The minimum absolute atomic E-state index is 0.134. The summed E-state index contributed by atoms with van der Waals surface area (Å²) in [4.78, 5) is 13.5. The number of carbonyl (C=O) groups excluding carboxylic acids is 1. The van der Waals surface area contributed by atoms with Crippen LogP contribution in [0.3, 0.4) is 0 Å². The molecule has 0 spiro atoms. The number of hydrogen-bond acceptors (Lipinski definition) is 3. The molecule has 2 rings (SSSR count). The van der Waals surface area contributed by atoms with Crippen molar-refractivity contribution in [3.8, 4) is 0 Å². The normalized spacial score (nSPS) is 31.9. The van der Waals surface area contributed by atoms with Crippen molar-refractivity contribution in [3.63, 3.8) is 0 Å². The van der Waals surface area contributed by atoms with E-state index in [0.29, 0.717) is 12.7 Å². The molecule has 0 aromatic rings. The van der Waals surface area contributed by atoms with Gasteiger partial charge in [-0.2, -0.15) is 0 Å². The smallest absolute Gasteiger partial charge is 0.248 e. The van der Waals surface area contributed by atoms with Crippen LogP contribution in [0.4, 0.5) is 0 Å². The molecule has 1 amide bonds. The summed E-state index contributed by atoms with van der Waals surface area (Å²) in [5, 5.41) is 0. The Morgan fingerprint density at radius 2 is 2.33 bits per heavy atom. The van der Waals surface area contributed by atoms with Crippen molar-refractivity contribution in [2.75, 3.05) is 19.8 Å². The first-order chi connectivity index (χ1) is 7.16. The zero-order chi connectivity index (χ0) is 10.8. The summed E-state index contributed by atoms with van der Waals surface area (Å²) in [6.45, 7) is 5.85. The van der Waals surface area contributed by atoms with E-state index in [-0.39, 0.29) is 24.7 Å². The summed E-state index contributed by atoms with van der Waals surface area (Å²) in [6, 6.07) is 0.240. The molecule has 2 aliphatic rings. The van der Waals surface area contributed by atoms with Gasteiger partial charge in [-0.1, -0.05) is 0 Å². The maximum atomic E-state index is 11.5. The van der Waals surface area contributed by atoms with Crippen LogP contribution in [0.2, 0.25) is 0 Å². The maximum absolute atomic E-state index is 11.5. The molecular weight excluding hydrogens is 194 g/mol. The van der Waals surface area contributed by atoms with E-state index in [0.717, 1.165) is 19.4 Å². The second-order valence-corrected chi connectivity index (χ2v) is 4.59. The summed E-state index contributed by atoms with van der Waals surface area (Å²) < 4.78 is 11.0. The van der Waals surface area contributed by atoms with Crippen molar-refractivity contribution < 1.29 is 14.3 Å². The molecule has 4 heteroatoms. The molecule has 4 nitrogen and oxygen atoms in total. The van der Waals surface area contributed by atoms with Gasteiger partial charge in [0.1, 0.15) is 6.61 Å². The van der Waals surface area contributed by atoms with Gasteiger partial charge in [-0.3, -0.25) is 4.79 Å². The molecule has 2 unspecified atom stereocenters. The largest absolute Gasteiger partial charge is 0.375 e. The van der Waals surface area contributed by atoms with Gasteiger partial charge in [0.25, 0.3) is 0 Å². The average Bonchev–Trinajstić information content (AvgIpc) is 2.17. The molecule has 0 bridgehead atoms. The topological polar surface area (TPSA) is 38.8 Å². The third-order valence-electron chi connectivity index (χ3n) is 2.99. The first-order valence-corrected chi connectivity index (χ1v) is 5.69. The first-order valence-electron chi connectivity index (χ1n) is 5.69. The van der Waals surface area contributed by atoms with E-state index >= 15 is 0 Å². The zero-order valence-electron chi connectivity index (χ0n) is 9.44.